The van der Waals surface area contributed by atoms with Gasteiger partial charge in [0.25, 0.3) is 5.69 Å². The molecule has 0 aliphatic rings. The maximum absolute atomic E-state index is 12.1. The van der Waals surface area contributed by atoms with E-state index < -0.39 is 4.92 Å². The molecule has 3 rings (SSSR count). The highest BCUT2D eigenvalue weighted by molar-refractivity contribution is 9.10. The van der Waals surface area contributed by atoms with Crippen LogP contribution in [0, 0.1) is 17.0 Å². The number of halogens is 1. The average Bonchev–Trinajstić information content (AvgIpc) is 3.15. The summed E-state index contributed by atoms with van der Waals surface area (Å²) in [6.45, 7) is 2.42. The highest BCUT2D eigenvalue weighted by atomic mass is 79.9. The first kappa shape index (κ1) is 20.9. The van der Waals surface area contributed by atoms with Crippen molar-refractivity contribution in [2.45, 2.75) is 19.8 Å². The molecular weight excluding hydrogens is 458 g/mol. The van der Waals surface area contributed by atoms with E-state index in [-0.39, 0.29) is 11.6 Å². The number of carbonyl (C=O) groups is 1. The molecule has 1 heterocycles. The first-order valence-corrected chi connectivity index (χ1v) is 10.5. The molecule has 0 bridgehead atoms. The van der Waals surface area contributed by atoms with E-state index in [1.807, 2.05) is 25.1 Å². The minimum atomic E-state index is -0.449. The van der Waals surface area contributed by atoms with Crippen LogP contribution in [0.1, 0.15) is 18.4 Å². The monoisotopic (exact) mass is 475 g/mol. The average molecular weight is 476 g/mol. The smallest absolute Gasteiger partial charge is 0.270 e. The molecule has 0 aliphatic heterocycles. The van der Waals surface area contributed by atoms with Crippen molar-refractivity contribution in [1.29, 1.82) is 0 Å². The number of ether oxygens (including phenoxy) is 1. The number of aromatic nitrogens is 1. The topological polar surface area (TPSA) is 94.4 Å². The summed E-state index contributed by atoms with van der Waals surface area (Å²) in [5.74, 6) is 0.592. The third-order valence-electron chi connectivity index (χ3n) is 4.00. The number of nitrogens with one attached hydrogen (secondary N) is 1. The zero-order valence-electron chi connectivity index (χ0n) is 15.6. The Hall–Kier alpha value is -2.78. The van der Waals surface area contributed by atoms with E-state index in [1.54, 1.807) is 17.5 Å². The van der Waals surface area contributed by atoms with E-state index in [0.29, 0.717) is 35.8 Å². The number of hydrogen-bond donors (Lipinski definition) is 1. The number of rotatable bonds is 8. The highest BCUT2D eigenvalue weighted by Crippen LogP contribution is 2.28. The lowest BCUT2D eigenvalue weighted by Gasteiger charge is -2.08. The molecule has 1 amide bonds. The maximum Gasteiger partial charge on any atom is 0.270 e. The number of amides is 1. The van der Waals surface area contributed by atoms with Gasteiger partial charge in [-0.25, -0.2) is 4.98 Å². The van der Waals surface area contributed by atoms with Crippen LogP contribution in [0.5, 0.6) is 5.75 Å². The molecule has 0 fully saturated rings. The second kappa shape index (κ2) is 9.62. The molecule has 7 nitrogen and oxygen atoms in total. The molecule has 2 aromatic carbocycles. The van der Waals surface area contributed by atoms with Crippen molar-refractivity contribution in [3.05, 3.63) is 68.0 Å². The summed E-state index contributed by atoms with van der Waals surface area (Å²) in [5, 5.41) is 15.9. The van der Waals surface area contributed by atoms with Gasteiger partial charge in [-0.1, -0.05) is 18.2 Å². The van der Waals surface area contributed by atoms with Crippen LogP contribution in [-0.2, 0) is 4.79 Å². The summed E-state index contributed by atoms with van der Waals surface area (Å²) in [6.07, 6.45) is 0.866. The second-order valence-corrected chi connectivity index (χ2v) is 7.99. The Morgan fingerprint density at radius 3 is 2.90 bits per heavy atom. The van der Waals surface area contributed by atoms with Crippen LogP contribution in [0.25, 0.3) is 11.3 Å². The van der Waals surface area contributed by atoms with Crippen molar-refractivity contribution >= 4 is 44.0 Å². The van der Waals surface area contributed by atoms with E-state index in [9.17, 15) is 14.9 Å². The molecule has 150 valence electrons. The number of anilines is 1. The second-order valence-electron chi connectivity index (χ2n) is 6.28. The molecule has 0 radical (unpaired) electrons. The van der Waals surface area contributed by atoms with Gasteiger partial charge >= 0.3 is 0 Å². The molecule has 0 aliphatic carbocycles. The van der Waals surface area contributed by atoms with Gasteiger partial charge in [0, 0.05) is 29.5 Å². The molecule has 1 N–H and O–H groups in total. The van der Waals surface area contributed by atoms with Gasteiger partial charge in [0.15, 0.2) is 5.13 Å². The number of thiazole rings is 1. The van der Waals surface area contributed by atoms with Crippen LogP contribution in [0.2, 0.25) is 0 Å². The molecule has 0 spiro atoms. The first-order chi connectivity index (χ1) is 13.9. The molecule has 29 heavy (non-hydrogen) atoms. The van der Waals surface area contributed by atoms with E-state index in [1.165, 1.54) is 23.5 Å². The Morgan fingerprint density at radius 2 is 2.14 bits per heavy atom. The van der Waals surface area contributed by atoms with Crippen LogP contribution in [0.4, 0.5) is 10.8 Å². The number of nitro benzene ring substituents is 1. The zero-order valence-corrected chi connectivity index (χ0v) is 18.0. The van der Waals surface area contributed by atoms with Crippen molar-refractivity contribution in [3.63, 3.8) is 0 Å². The number of hydrogen-bond acceptors (Lipinski definition) is 6. The van der Waals surface area contributed by atoms with Crippen molar-refractivity contribution < 1.29 is 14.5 Å². The van der Waals surface area contributed by atoms with Gasteiger partial charge in [0.2, 0.25) is 5.91 Å². The molecule has 0 unspecified atom stereocenters. The Balaban J connectivity index is 1.49. The van der Waals surface area contributed by atoms with Crippen molar-refractivity contribution in [3.8, 4) is 17.0 Å². The normalized spacial score (nSPS) is 10.6. The summed E-state index contributed by atoms with van der Waals surface area (Å²) < 4.78 is 6.58. The van der Waals surface area contributed by atoms with Gasteiger partial charge in [-0.3, -0.25) is 14.9 Å². The fourth-order valence-electron chi connectivity index (χ4n) is 2.56. The largest absolute Gasteiger partial charge is 0.492 e. The predicted molar refractivity (Wildman–Crippen MR) is 116 cm³/mol. The van der Waals surface area contributed by atoms with Crippen molar-refractivity contribution in [2.24, 2.45) is 0 Å². The standard InChI is InChI=1S/C20H18BrN3O4S/c1-13-7-8-18(16(21)10-13)28-9-3-6-19(25)23-20-22-17(12-29-20)14-4-2-5-15(11-14)24(26)27/h2,4-5,7-8,10-12H,3,6,9H2,1H3,(H,22,23,25). The number of nitro groups is 1. The number of benzene rings is 2. The lowest BCUT2D eigenvalue weighted by atomic mass is 10.1. The summed E-state index contributed by atoms with van der Waals surface area (Å²) in [7, 11) is 0. The summed E-state index contributed by atoms with van der Waals surface area (Å²) in [5.41, 5.74) is 2.35. The van der Waals surface area contributed by atoms with Crippen LogP contribution in [0.15, 0.2) is 52.3 Å². The van der Waals surface area contributed by atoms with Gasteiger partial charge in [0.05, 0.1) is 21.7 Å². The first-order valence-electron chi connectivity index (χ1n) is 8.81. The van der Waals surface area contributed by atoms with Crippen LogP contribution in [-0.4, -0.2) is 22.4 Å². The lowest BCUT2D eigenvalue weighted by molar-refractivity contribution is -0.384. The molecule has 0 saturated heterocycles. The van der Waals surface area contributed by atoms with E-state index in [2.05, 4.69) is 26.2 Å². The minimum Gasteiger partial charge on any atom is -0.492 e. The van der Waals surface area contributed by atoms with Crippen LogP contribution < -0.4 is 10.1 Å². The lowest BCUT2D eigenvalue weighted by Crippen LogP contribution is -2.12. The maximum atomic E-state index is 12.1. The van der Waals surface area contributed by atoms with Gasteiger partial charge in [-0.15, -0.1) is 11.3 Å². The van der Waals surface area contributed by atoms with Gasteiger partial charge in [-0.05, 0) is 47.0 Å². The summed E-state index contributed by atoms with van der Waals surface area (Å²) >= 11 is 4.73. The molecule has 0 atom stereocenters. The van der Waals surface area contributed by atoms with Crippen molar-refractivity contribution in [1.82, 2.24) is 4.98 Å². The summed E-state index contributed by atoms with van der Waals surface area (Å²) in [6, 6.07) is 12.1. The molecule has 3 aromatic rings. The number of non-ortho nitro benzene ring substituents is 1. The molecule has 1 aromatic heterocycles. The zero-order chi connectivity index (χ0) is 20.8. The predicted octanol–water partition coefficient (Wildman–Crippen LogP) is 5.59. The molecule has 0 saturated carbocycles. The number of nitrogens with zero attached hydrogens (tertiary/aromatic N) is 2. The Kier molecular flexibility index (Phi) is 6.95. The SMILES string of the molecule is Cc1ccc(OCCCC(=O)Nc2nc(-c3cccc([N+](=O)[O-])c3)cs2)c(Br)c1. The third-order valence-corrected chi connectivity index (χ3v) is 5.37. The fourth-order valence-corrected chi connectivity index (χ4v) is 3.91. The number of aryl methyl sites for hydroxylation is 1. The molecule has 9 heteroatoms. The Bertz CT molecular complexity index is 1040. The van der Waals surface area contributed by atoms with Crippen LogP contribution in [0.3, 0.4) is 0 Å². The van der Waals surface area contributed by atoms with Gasteiger partial charge < -0.3 is 10.1 Å². The van der Waals surface area contributed by atoms with Crippen LogP contribution >= 0.6 is 27.3 Å². The van der Waals surface area contributed by atoms with E-state index in [4.69, 9.17) is 4.74 Å². The fraction of sp³-hybridized carbons (Fsp3) is 0.200. The third kappa shape index (κ3) is 5.85. The van der Waals surface area contributed by atoms with E-state index in [0.717, 1.165) is 15.8 Å². The Labute approximate surface area is 180 Å². The van der Waals surface area contributed by atoms with Gasteiger partial charge in [0.1, 0.15) is 5.75 Å². The number of carbonyl (C=O) groups excluding carboxylic acids is 1. The molecular formula is C20H18BrN3O4S. The summed E-state index contributed by atoms with van der Waals surface area (Å²) in [4.78, 5) is 26.9. The highest BCUT2D eigenvalue weighted by Gasteiger charge is 2.11. The van der Waals surface area contributed by atoms with Gasteiger partial charge in [-0.2, -0.15) is 0 Å². The minimum absolute atomic E-state index is 0.00120. The van der Waals surface area contributed by atoms with E-state index >= 15 is 0 Å². The quantitative estimate of drug-likeness (QED) is 0.260. The van der Waals surface area contributed by atoms with Crippen molar-refractivity contribution in [2.75, 3.05) is 11.9 Å². The Morgan fingerprint density at radius 1 is 1.31 bits per heavy atom.